The molecule has 19 heavy (non-hydrogen) atoms. The predicted octanol–water partition coefficient (Wildman–Crippen LogP) is 4.33. The highest BCUT2D eigenvalue weighted by Gasteiger charge is 2.06. The van der Waals surface area contributed by atoms with Crippen LogP contribution in [0.1, 0.15) is 30.5 Å². The highest BCUT2D eigenvalue weighted by molar-refractivity contribution is 7.09. The van der Waals surface area contributed by atoms with Gasteiger partial charge in [-0.15, -0.1) is 11.3 Å². The van der Waals surface area contributed by atoms with Gasteiger partial charge in [0.2, 0.25) is 0 Å². The van der Waals surface area contributed by atoms with Gasteiger partial charge in [-0.1, -0.05) is 13.8 Å². The molecule has 0 atom stereocenters. The quantitative estimate of drug-likeness (QED) is 0.767. The Morgan fingerprint density at radius 3 is 3.00 bits per heavy atom. The van der Waals surface area contributed by atoms with Crippen LogP contribution in [0.3, 0.4) is 0 Å². The summed E-state index contributed by atoms with van der Waals surface area (Å²) in [7, 11) is 0. The van der Waals surface area contributed by atoms with Gasteiger partial charge in [-0.05, 0) is 24.3 Å². The smallest absolute Gasteiger partial charge is 0.131 e. The molecule has 0 unspecified atom stereocenters. The third-order valence-electron chi connectivity index (χ3n) is 2.97. The molecule has 3 aromatic rings. The van der Waals surface area contributed by atoms with E-state index >= 15 is 0 Å². The Labute approximate surface area is 116 Å². The molecule has 0 spiro atoms. The van der Waals surface area contributed by atoms with Crippen LogP contribution in [-0.4, -0.2) is 9.97 Å². The number of ether oxygens (including phenoxy) is 1. The second-order valence-corrected chi connectivity index (χ2v) is 5.74. The zero-order valence-corrected chi connectivity index (χ0v) is 11.8. The molecule has 0 fully saturated rings. The number of benzene rings is 1. The SMILES string of the molecule is CC(C)c1nc(COc2ccc3[nH]ccc3c2)cs1. The van der Waals surface area contributed by atoms with Gasteiger partial charge in [0.25, 0.3) is 0 Å². The average molecular weight is 272 g/mol. The van der Waals surface area contributed by atoms with Gasteiger partial charge < -0.3 is 9.72 Å². The van der Waals surface area contributed by atoms with Crippen LogP contribution in [0.15, 0.2) is 35.8 Å². The molecule has 0 bridgehead atoms. The van der Waals surface area contributed by atoms with E-state index in [1.807, 2.05) is 30.5 Å². The average Bonchev–Trinajstić information content (AvgIpc) is 3.04. The molecule has 0 aliphatic carbocycles. The van der Waals surface area contributed by atoms with E-state index in [2.05, 4.69) is 29.2 Å². The third kappa shape index (κ3) is 2.63. The first-order valence-corrected chi connectivity index (χ1v) is 7.24. The van der Waals surface area contributed by atoms with E-state index in [1.165, 1.54) is 10.4 Å². The maximum atomic E-state index is 5.79. The lowest BCUT2D eigenvalue weighted by atomic mass is 10.2. The minimum atomic E-state index is 0.481. The van der Waals surface area contributed by atoms with Crippen LogP contribution in [0.25, 0.3) is 10.9 Å². The molecule has 2 heterocycles. The molecule has 0 aliphatic rings. The standard InChI is InChI=1S/C15H16N2OS/c1-10(2)15-17-12(9-19-15)8-18-13-3-4-14-11(7-13)5-6-16-14/h3-7,9-10,16H,8H2,1-2H3. The number of aromatic amines is 1. The Bertz CT molecular complexity index is 684. The minimum absolute atomic E-state index is 0.481. The first-order valence-electron chi connectivity index (χ1n) is 6.36. The van der Waals surface area contributed by atoms with Crippen LogP contribution in [0.4, 0.5) is 0 Å². The Kier molecular flexibility index (Phi) is 3.25. The number of H-pyrrole nitrogens is 1. The highest BCUT2D eigenvalue weighted by Crippen LogP contribution is 2.22. The summed E-state index contributed by atoms with van der Waals surface area (Å²) in [4.78, 5) is 7.73. The molecule has 4 heteroatoms. The molecule has 0 saturated heterocycles. The van der Waals surface area contributed by atoms with E-state index in [-0.39, 0.29) is 0 Å². The molecular formula is C15H16N2OS. The van der Waals surface area contributed by atoms with Crippen LogP contribution < -0.4 is 4.74 Å². The number of nitrogens with one attached hydrogen (secondary N) is 1. The molecule has 0 amide bonds. The summed E-state index contributed by atoms with van der Waals surface area (Å²) in [6, 6.07) is 8.10. The summed E-state index contributed by atoms with van der Waals surface area (Å²) in [5.74, 6) is 1.36. The van der Waals surface area contributed by atoms with Crippen molar-refractivity contribution in [2.24, 2.45) is 0 Å². The van der Waals surface area contributed by atoms with Gasteiger partial charge in [0, 0.05) is 28.4 Å². The number of nitrogens with zero attached hydrogens (tertiary/aromatic N) is 1. The lowest BCUT2D eigenvalue weighted by Crippen LogP contribution is -1.96. The number of hydrogen-bond donors (Lipinski definition) is 1. The molecule has 0 aliphatic heterocycles. The van der Waals surface area contributed by atoms with Crippen molar-refractivity contribution in [3.8, 4) is 5.75 Å². The van der Waals surface area contributed by atoms with Crippen molar-refractivity contribution in [1.82, 2.24) is 9.97 Å². The van der Waals surface area contributed by atoms with Gasteiger partial charge in [0.15, 0.2) is 0 Å². The van der Waals surface area contributed by atoms with Crippen LogP contribution in [0.5, 0.6) is 5.75 Å². The van der Waals surface area contributed by atoms with Crippen molar-refractivity contribution in [3.05, 3.63) is 46.5 Å². The largest absolute Gasteiger partial charge is 0.487 e. The lowest BCUT2D eigenvalue weighted by molar-refractivity contribution is 0.302. The topological polar surface area (TPSA) is 37.9 Å². The van der Waals surface area contributed by atoms with E-state index in [9.17, 15) is 0 Å². The van der Waals surface area contributed by atoms with E-state index in [0.717, 1.165) is 17.0 Å². The maximum Gasteiger partial charge on any atom is 0.131 e. The molecule has 0 radical (unpaired) electrons. The molecule has 1 N–H and O–H groups in total. The molecule has 3 rings (SSSR count). The maximum absolute atomic E-state index is 5.79. The Balaban J connectivity index is 1.70. The zero-order valence-electron chi connectivity index (χ0n) is 11.0. The number of fused-ring (bicyclic) bond motifs is 1. The second-order valence-electron chi connectivity index (χ2n) is 4.85. The normalized spacial score (nSPS) is 11.3. The second kappa shape index (κ2) is 5.05. The van der Waals surface area contributed by atoms with Crippen LogP contribution in [-0.2, 0) is 6.61 Å². The van der Waals surface area contributed by atoms with E-state index < -0.39 is 0 Å². The van der Waals surface area contributed by atoms with Gasteiger partial charge in [-0.25, -0.2) is 4.98 Å². The monoisotopic (exact) mass is 272 g/mol. The number of hydrogen-bond acceptors (Lipinski definition) is 3. The summed E-state index contributed by atoms with van der Waals surface area (Å²) in [6.45, 7) is 4.84. The zero-order chi connectivity index (χ0) is 13.2. The summed E-state index contributed by atoms with van der Waals surface area (Å²) in [5.41, 5.74) is 2.13. The van der Waals surface area contributed by atoms with Crippen molar-refractivity contribution in [2.45, 2.75) is 26.4 Å². The molecule has 98 valence electrons. The molecule has 2 aromatic heterocycles. The molecular weight excluding hydrogens is 256 g/mol. The minimum Gasteiger partial charge on any atom is -0.487 e. The number of thiazole rings is 1. The van der Waals surface area contributed by atoms with E-state index in [4.69, 9.17) is 4.74 Å². The summed E-state index contributed by atoms with van der Waals surface area (Å²) < 4.78 is 5.79. The van der Waals surface area contributed by atoms with E-state index in [1.54, 1.807) is 11.3 Å². The predicted molar refractivity (Wildman–Crippen MR) is 78.8 cm³/mol. The Morgan fingerprint density at radius 1 is 1.32 bits per heavy atom. The third-order valence-corrected chi connectivity index (χ3v) is 4.17. The van der Waals surface area contributed by atoms with Crippen molar-refractivity contribution in [3.63, 3.8) is 0 Å². The summed E-state index contributed by atoms with van der Waals surface area (Å²) in [6.07, 6.45) is 1.93. The fourth-order valence-corrected chi connectivity index (χ4v) is 2.75. The summed E-state index contributed by atoms with van der Waals surface area (Å²) >= 11 is 1.70. The van der Waals surface area contributed by atoms with Gasteiger partial charge in [-0.2, -0.15) is 0 Å². The van der Waals surface area contributed by atoms with E-state index in [0.29, 0.717) is 12.5 Å². The first kappa shape index (κ1) is 12.2. The van der Waals surface area contributed by atoms with Crippen LogP contribution >= 0.6 is 11.3 Å². The molecule has 1 aromatic carbocycles. The molecule has 3 nitrogen and oxygen atoms in total. The van der Waals surface area contributed by atoms with Gasteiger partial charge in [0.05, 0.1) is 10.7 Å². The van der Waals surface area contributed by atoms with Crippen molar-refractivity contribution < 1.29 is 4.74 Å². The molecule has 0 saturated carbocycles. The Hall–Kier alpha value is -1.81. The number of aromatic nitrogens is 2. The van der Waals surface area contributed by atoms with Crippen LogP contribution in [0, 0.1) is 0 Å². The van der Waals surface area contributed by atoms with Crippen LogP contribution in [0.2, 0.25) is 0 Å². The van der Waals surface area contributed by atoms with Gasteiger partial charge in [-0.3, -0.25) is 0 Å². The van der Waals surface area contributed by atoms with Gasteiger partial charge >= 0.3 is 0 Å². The fourth-order valence-electron chi connectivity index (χ4n) is 1.93. The highest BCUT2D eigenvalue weighted by atomic mass is 32.1. The fraction of sp³-hybridized carbons (Fsp3) is 0.267. The summed E-state index contributed by atoms with van der Waals surface area (Å²) in [5, 5.41) is 4.41. The lowest BCUT2D eigenvalue weighted by Gasteiger charge is -2.04. The van der Waals surface area contributed by atoms with Crippen molar-refractivity contribution in [1.29, 1.82) is 0 Å². The first-order chi connectivity index (χ1) is 9.22. The van der Waals surface area contributed by atoms with Crippen molar-refractivity contribution in [2.75, 3.05) is 0 Å². The van der Waals surface area contributed by atoms with Crippen molar-refractivity contribution >= 4 is 22.2 Å². The Morgan fingerprint density at radius 2 is 2.21 bits per heavy atom. The number of rotatable bonds is 4. The van der Waals surface area contributed by atoms with Gasteiger partial charge in [0.1, 0.15) is 12.4 Å².